The van der Waals surface area contributed by atoms with Gasteiger partial charge in [0.1, 0.15) is 0 Å². The summed E-state index contributed by atoms with van der Waals surface area (Å²) < 4.78 is 19.3. The molecule has 8 nitrogen and oxygen atoms in total. The lowest BCUT2D eigenvalue weighted by Crippen LogP contribution is -2.33. The Balaban J connectivity index is 1.82. The molecule has 2 aromatic heterocycles. The number of hydrogen-bond donors (Lipinski definition) is 1. The van der Waals surface area contributed by atoms with Gasteiger partial charge in [0.25, 0.3) is 0 Å². The minimum Gasteiger partial charge on any atom is -0.393 e. The van der Waals surface area contributed by atoms with E-state index >= 15 is 0 Å². The molecule has 2 atom stereocenters. The normalized spacial score (nSPS) is 17.3. The second-order valence-corrected chi connectivity index (χ2v) is 8.49. The van der Waals surface area contributed by atoms with Crippen LogP contribution in [0, 0.1) is 13.8 Å². The van der Waals surface area contributed by atoms with Crippen molar-refractivity contribution in [1.29, 1.82) is 0 Å². The van der Waals surface area contributed by atoms with E-state index in [9.17, 15) is 4.79 Å². The molecule has 0 bridgehead atoms. The summed E-state index contributed by atoms with van der Waals surface area (Å²) in [5.74, 6) is 0.448. The molecular weight excluding hydrogens is 432 g/mol. The summed E-state index contributed by atoms with van der Waals surface area (Å²) in [5, 5.41) is 3.70. The van der Waals surface area contributed by atoms with Gasteiger partial charge >= 0.3 is 6.09 Å². The zero-order chi connectivity index (χ0) is 24.2. The largest absolute Gasteiger partial charge is 0.416 e. The Bertz CT molecular complexity index is 1140. The first-order chi connectivity index (χ1) is 16.5. The first-order valence-corrected chi connectivity index (χ1v) is 11.9. The number of rotatable bonds is 8. The number of carbonyl (C=O) groups is 1. The van der Waals surface area contributed by atoms with Gasteiger partial charge in [0.15, 0.2) is 5.65 Å². The summed E-state index contributed by atoms with van der Waals surface area (Å²) in [7, 11) is 1.66. The average Bonchev–Trinajstić information content (AvgIpc) is 3.15. The lowest BCUT2D eigenvalue weighted by molar-refractivity contribution is 0.00785. The minimum atomic E-state index is -0.375. The number of benzene rings is 1. The second kappa shape index (κ2) is 10.4. The molecule has 3 heterocycles. The van der Waals surface area contributed by atoms with Gasteiger partial charge in [-0.1, -0.05) is 30.3 Å². The highest BCUT2D eigenvalue weighted by Crippen LogP contribution is 2.45. The highest BCUT2D eigenvalue weighted by atomic mass is 16.6. The van der Waals surface area contributed by atoms with Crippen LogP contribution in [0.2, 0.25) is 0 Å². The number of hydrogen-bond acceptors (Lipinski definition) is 6. The SMILES string of the molecule is CCN(CC)C(=O)Oc1cc2c(c3nc(C)c(C)n13)N[C@@H](c1ccccc1)C[C@H]2OCCOC. The van der Waals surface area contributed by atoms with Crippen molar-refractivity contribution in [2.45, 2.75) is 46.3 Å². The molecule has 0 radical (unpaired) electrons. The van der Waals surface area contributed by atoms with Crippen LogP contribution in [0.3, 0.4) is 0 Å². The number of imidazole rings is 1. The molecule has 0 fully saturated rings. The van der Waals surface area contributed by atoms with Gasteiger partial charge in [-0.15, -0.1) is 0 Å². The van der Waals surface area contributed by atoms with E-state index in [2.05, 4.69) is 17.4 Å². The fraction of sp³-hybridized carbons (Fsp3) is 0.462. The summed E-state index contributed by atoms with van der Waals surface area (Å²) in [4.78, 5) is 19.3. The quantitative estimate of drug-likeness (QED) is 0.468. The number of pyridine rings is 1. The molecule has 182 valence electrons. The van der Waals surface area contributed by atoms with Gasteiger partial charge in [-0.25, -0.2) is 9.78 Å². The molecule has 1 N–H and O–H groups in total. The van der Waals surface area contributed by atoms with Gasteiger partial charge in [-0.05, 0) is 33.3 Å². The predicted molar refractivity (Wildman–Crippen MR) is 132 cm³/mol. The summed E-state index contributed by atoms with van der Waals surface area (Å²) in [6.07, 6.45) is 0.156. The maximum absolute atomic E-state index is 12.8. The fourth-order valence-electron chi connectivity index (χ4n) is 4.47. The van der Waals surface area contributed by atoms with E-state index in [1.807, 2.05) is 56.4 Å². The molecule has 0 aliphatic carbocycles. The monoisotopic (exact) mass is 466 g/mol. The maximum atomic E-state index is 12.8. The molecule has 0 saturated heterocycles. The van der Waals surface area contributed by atoms with E-state index in [1.165, 1.54) is 5.56 Å². The molecule has 1 aliphatic rings. The summed E-state index contributed by atoms with van der Waals surface area (Å²) >= 11 is 0. The molecule has 0 saturated carbocycles. The average molecular weight is 467 g/mol. The molecule has 0 unspecified atom stereocenters. The van der Waals surface area contributed by atoms with E-state index in [1.54, 1.807) is 12.0 Å². The molecule has 4 rings (SSSR count). The summed E-state index contributed by atoms with van der Waals surface area (Å²) in [6.45, 7) is 9.95. The van der Waals surface area contributed by atoms with Crippen molar-refractivity contribution in [3.63, 3.8) is 0 Å². The molecule has 8 heteroatoms. The number of aromatic nitrogens is 2. The Morgan fingerprint density at radius 1 is 1.18 bits per heavy atom. The number of nitrogens with one attached hydrogen (secondary N) is 1. The molecule has 1 aliphatic heterocycles. The van der Waals surface area contributed by atoms with Crippen LogP contribution in [0.1, 0.15) is 54.9 Å². The number of nitrogens with zero attached hydrogens (tertiary/aromatic N) is 3. The van der Waals surface area contributed by atoms with Crippen LogP contribution in [-0.4, -0.2) is 53.8 Å². The number of carbonyl (C=O) groups excluding carboxylic acids is 1. The Labute approximate surface area is 200 Å². The van der Waals surface area contributed by atoms with Gasteiger partial charge in [-0.3, -0.25) is 4.40 Å². The van der Waals surface area contributed by atoms with Crippen molar-refractivity contribution < 1.29 is 19.0 Å². The van der Waals surface area contributed by atoms with E-state index < -0.39 is 0 Å². The van der Waals surface area contributed by atoms with E-state index in [4.69, 9.17) is 19.2 Å². The number of amides is 1. The number of aryl methyl sites for hydroxylation is 2. The summed E-state index contributed by atoms with van der Waals surface area (Å²) in [5.41, 5.74) is 5.57. The van der Waals surface area contributed by atoms with E-state index in [0.717, 1.165) is 34.7 Å². The number of fused-ring (bicyclic) bond motifs is 3. The second-order valence-electron chi connectivity index (χ2n) is 8.49. The van der Waals surface area contributed by atoms with Crippen LogP contribution in [0.25, 0.3) is 5.65 Å². The van der Waals surface area contributed by atoms with Gasteiger partial charge in [0, 0.05) is 43.9 Å². The third-order valence-electron chi connectivity index (χ3n) is 6.49. The van der Waals surface area contributed by atoms with Crippen molar-refractivity contribution in [3.8, 4) is 5.88 Å². The molecule has 1 aromatic carbocycles. The highest BCUT2D eigenvalue weighted by Gasteiger charge is 2.33. The van der Waals surface area contributed by atoms with Crippen LogP contribution >= 0.6 is 0 Å². The van der Waals surface area contributed by atoms with Crippen LogP contribution < -0.4 is 10.1 Å². The lowest BCUT2D eigenvalue weighted by atomic mass is 9.91. The first-order valence-electron chi connectivity index (χ1n) is 11.9. The standard InChI is InChI=1S/C26H34N4O4/c1-6-29(7-2)26(31)34-23-15-20-22(33-14-13-32-5)16-21(19-11-9-8-10-12-19)28-24(20)25-27-17(3)18(4)30(23)25/h8-12,15,21-22,28H,6-7,13-14,16H2,1-5H3/t21-,22-/m1/s1. The van der Waals surface area contributed by atoms with E-state index in [0.29, 0.717) is 32.2 Å². The van der Waals surface area contributed by atoms with Gasteiger partial charge < -0.3 is 24.4 Å². The number of ether oxygens (including phenoxy) is 3. The van der Waals surface area contributed by atoms with Crippen molar-refractivity contribution in [3.05, 3.63) is 58.9 Å². The van der Waals surface area contributed by atoms with Crippen LogP contribution in [0.4, 0.5) is 10.5 Å². The van der Waals surface area contributed by atoms with Crippen molar-refractivity contribution >= 4 is 17.4 Å². The molecule has 0 spiro atoms. The topological polar surface area (TPSA) is 77.3 Å². The third-order valence-corrected chi connectivity index (χ3v) is 6.49. The Morgan fingerprint density at radius 2 is 1.91 bits per heavy atom. The van der Waals surface area contributed by atoms with Gasteiger partial charge in [0.05, 0.1) is 36.7 Å². The van der Waals surface area contributed by atoms with E-state index in [-0.39, 0.29) is 18.2 Å². The zero-order valence-corrected chi connectivity index (χ0v) is 20.6. The Morgan fingerprint density at radius 3 is 2.59 bits per heavy atom. The molecular formula is C26H34N4O4. The third kappa shape index (κ3) is 4.60. The number of anilines is 1. The molecule has 3 aromatic rings. The predicted octanol–water partition coefficient (Wildman–Crippen LogP) is 5.05. The van der Waals surface area contributed by atoms with Crippen molar-refractivity contribution in [1.82, 2.24) is 14.3 Å². The molecule has 34 heavy (non-hydrogen) atoms. The first kappa shape index (κ1) is 24.0. The Hall–Kier alpha value is -3.10. The highest BCUT2D eigenvalue weighted by molar-refractivity contribution is 5.78. The van der Waals surface area contributed by atoms with Crippen LogP contribution in [0.15, 0.2) is 36.4 Å². The van der Waals surface area contributed by atoms with Crippen LogP contribution in [-0.2, 0) is 9.47 Å². The smallest absolute Gasteiger partial charge is 0.393 e. The fourth-order valence-corrected chi connectivity index (χ4v) is 4.47. The Kier molecular flexibility index (Phi) is 7.38. The lowest BCUT2D eigenvalue weighted by Gasteiger charge is -2.34. The van der Waals surface area contributed by atoms with Crippen molar-refractivity contribution in [2.24, 2.45) is 0 Å². The van der Waals surface area contributed by atoms with Crippen LogP contribution in [0.5, 0.6) is 5.88 Å². The maximum Gasteiger partial charge on any atom is 0.416 e. The molecule has 1 amide bonds. The summed E-state index contributed by atoms with van der Waals surface area (Å²) in [6, 6.07) is 12.3. The zero-order valence-electron chi connectivity index (χ0n) is 20.6. The number of methoxy groups -OCH3 is 1. The van der Waals surface area contributed by atoms with Crippen molar-refractivity contribution in [2.75, 3.05) is 38.7 Å². The van der Waals surface area contributed by atoms with Gasteiger partial charge in [0.2, 0.25) is 5.88 Å². The minimum absolute atomic E-state index is 0.0615. The van der Waals surface area contributed by atoms with Gasteiger partial charge in [-0.2, -0.15) is 0 Å².